The van der Waals surface area contributed by atoms with E-state index in [2.05, 4.69) is 14.6 Å². The summed E-state index contributed by atoms with van der Waals surface area (Å²) in [5, 5.41) is 10.00. The molecule has 1 aliphatic carbocycles. The maximum absolute atomic E-state index is 13.3. The van der Waals surface area contributed by atoms with E-state index in [1.165, 1.54) is 6.07 Å². The molecule has 2 N–H and O–H groups in total. The minimum atomic E-state index is -4.25. The molecule has 10 nitrogen and oxygen atoms in total. The van der Waals surface area contributed by atoms with Crippen molar-refractivity contribution in [3.05, 3.63) is 41.4 Å². The van der Waals surface area contributed by atoms with Gasteiger partial charge in [0.25, 0.3) is 15.9 Å². The van der Waals surface area contributed by atoms with Crippen LogP contribution < -0.4 is 19.3 Å². The van der Waals surface area contributed by atoms with Crippen molar-refractivity contribution in [1.82, 2.24) is 9.71 Å². The number of nitrogens with one attached hydrogen (secondary N) is 1. The molecule has 2 atom stereocenters. The number of aromatic nitrogens is 1. The maximum Gasteiger partial charge on any atom is 0.281 e. The Labute approximate surface area is 247 Å². The molecule has 1 unspecified atom stereocenters. The summed E-state index contributed by atoms with van der Waals surface area (Å²) in [6, 6.07) is 9.87. The lowest BCUT2D eigenvalue weighted by molar-refractivity contribution is -0.127. The first-order valence-electron chi connectivity index (χ1n) is 13.2. The lowest BCUT2D eigenvalue weighted by Crippen LogP contribution is -2.43. The van der Waals surface area contributed by atoms with Crippen molar-refractivity contribution < 1.29 is 27.8 Å². The molecule has 2 saturated heterocycles. The molecule has 0 radical (unpaired) electrons. The summed E-state index contributed by atoms with van der Waals surface area (Å²) >= 11 is 6.28. The van der Waals surface area contributed by atoms with Gasteiger partial charge in [0.15, 0.2) is 10.6 Å². The smallest absolute Gasteiger partial charge is 0.281 e. The Morgan fingerprint density at radius 2 is 1.85 bits per heavy atom. The Balaban J connectivity index is 0.00000370. The van der Waals surface area contributed by atoms with E-state index in [0.717, 1.165) is 18.7 Å². The summed E-state index contributed by atoms with van der Waals surface area (Å²) in [6.07, 6.45) is 1.76. The van der Waals surface area contributed by atoms with E-state index in [9.17, 15) is 18.3 Å². The molecule has 3 fully saturated rings. The molecule has 1 amide bonds. The van der Waals surface area contributed by atoms with Crippen molar-refractivity contribution in [3.8, 4) is 5.75 Å². The van der Waals surface area contributed by atoms with E-state index in [1.807, 2.05) is 31.7 Å². The number of carbonyl (C=O) groups excluding carboxylic acids is 1. The number of hydrogen-bond acceptors (Lipinski definition) is 9. The Bertz CT molecular complexity index is 1350. The molecule has 3 aliphatic rings. The first-order valence-corrected chi connectivity index (χ1v) is 15.1. The summed E-state index contributed by atoms with van der Waals surface area (Å²) in [5.41, 5.74) is -0.792. The third kappa shape index (κ3) is 6.96. The molecule has 3 heterocycles. The van der Waals surface area contributed by atoms with E-state index in [-0.39, 0.29) is 30.2 Å². The van der Waals surface area contributed by atoms with Gasteiger partial charge in [-0.15, -0.1) is 0 Å². The lowest BCUT2D eigenvalue weighted by atomic mass is 10.2. The summed E-state index contributed by atoms with van der Waals surface area (Å²) in [7, 11) is -4.25. The van der Waals surface area contributed by atoms with E-state index < -0.39 is 27.6 Å². The van der Waals surface area contributed by atoms with Gasteiger partial charge >= 0.3 is 0 Å². The summed E-state index contributed by atoms with van der Waals surface area (Å²) in [5.74, 6) is 0.117. The van der Waals surface area contributed by atoms with Gasteiger partial charge < -0.3 is 24.4 Å². The Morgan fingerprint density at radius 1 is 1.12 bits per heavy atom. The van der Waals surface area contributed by atoms with Gasteiger partial charge in [-0.1, -0.05) is 17.7 Å². The predicted molar refractivity (Wildman–Crippen MR) is 158 cm³/mol. The quantitative estimate of drug-likeness (QED) is 0.463. The van der Waals surface area contributed by atoms with Gasteiger partial charge in [-0.25, -0.2) is 9.71 Å². The monoisotopic (exact) mass is 612 g/mol. The number of amides is 1. The van der Waals surface area contributed by atoms with Gasteiger partial charge in [-0.2, -0.15) is 21.9 Å². The van der Waals surface area contributed by atoms with Gasteiger partial charge in [0.2, 0.25) is 0 Å². The fourth-order valence-corrected chi connectivity index (χ4v) is 6.19. The van der Waals surface area contributed by atoms with Crippen molar-refractivity contribution in [2.75, 3.05) is 36.0 Å². The van der Waals surface area contributed by atoms with E-state index in [0.29, 0.717) is 55.5 Å². The fourth-order valence-electron chi connectivity index (χ4n) is 5.02. The molecule has 5 rings (SSSR count). The number of nitrogens with zero attached hydrogens (tertiary/aromatic N) is 3. The molecular formula is C27H37ClN4O6S2. The Kier molecular flexibility index (Phi) is 8.87. The topological polar surface area (TPSA) is 121 Å². The summed E-state index contributed by atoms with van der Waals surface area (Å²) in [6.45, 7) is 8.45. The number of benzene rings is 1. The van der Waals surface area contributed by atoms with Crippen LogP contribution in [0.5, 0.6) is 5.75 Å². The molecule has 40 heavy (non-hydrogen) atoms. The van der Waals surface area contributed by atoms with E-state index >= 15 is 0 Å². The molecule has 2 aliphatic heterocycles. The van der Waals surface area contributed by atoms with Gasteiger partial charge in [0, 0.05) is 50.1 Å². The highest BCUT2D eigenvalue weighted by atomic mass is 35.5. The minimum absolute atomic E-state index is 0. The van der Waals surface area contributed by atoms with Crippen LogP contribution in [0.3, 0.4) is 0 Å². The average molecular weight is 613 g/mol. The third-order valence-corrected chi connectivity index (χ3v) is 8.52. The predicted octanol–water partition coefficient (Wildman–Crippen LogP) is 3.23. The number of anilines is 2. The number of sulfonamides is 1. The van der Waals surface area contributed by atoms with E-state index in [4.69, 9.17) is 21.1 Å². The first kappa shape index (κ1) is 30.7. The Hall–Kier alpha value is -2.25. The molecule has 220 valence electrons. The van der Waals surface area contributed by atoms with Crippen LogP contribution in [0.25, 0.3) is 0 Å². The highest BCUT2D eigenvalue weighted by Crippen LogP contribution is 2.45. The molecular weight excluding hydrogens is 576 g/mol. The van der Waals surface area contributed by atoms with Crippen molar-refractivity contribution in [3.63, 3.8) is 0 Å². The van der Waals surface area contributed by atoms with Crippen molar-refractivity contribution in [1.29, 1.82) is 0 Å². The van der Waals surface area contributed by atoms with Crippen LogP contribution in [0.15, 0.2) is 41.4 Å². The van der Waals surface area contributed by atoms with Crippen LogP contribution in [0, 0.1) is 0 Å². The van der Waals surface area contributed by atoms with Crippen LogP contribution >= 0.6 is 25.1 Å². The number of rotatable bonds is 8. The van der Waals surface area contributed by atoms with Crippen molar-refractivity contribution in [2.24, 2.45) is 0 Å². The molecule has 1 aromatic carbocycles. The third-order valence-electron chi connectivity index (χ3n) is 7.05. The molecule has 1 saturated carbocycles. The van der Waals surface area contributed by atoms with Gasteiger partial charge in [-0.05, 0) is 57.9 Å². The van der Waals surface area contributed by atoms with Gasteiger partial charge in [0.05, 0.1) is 23.5 Å². The van der Waals surface area contributed by atoms with Gasteiger partial charge in [-0.3, -0.25) is 4.79 Å². The van der Waals surface area contributed by atoms with Crippen molar-refractivity contribution >= 4 is 52.5 Å². The number of hydrogen-bond donors (Lipinski definition) is 2. The van der Waals surface area contributed by atoms with Crippen molar-refractivity contribution in [2.45, 2.75) is 74.9 Å². The highest BCUT2D eigenvalue weighted by Gasteiger charge is 2.54. The zero-order valence-corrected chi connectivity index (χ0v) is 25.5. The Morgan fingerprint density at radius 3 is 2.50 bits per heavy atom. The second-order valence-electron chi connectivity index (χ2n) is 11.5. The normalized spacial score (nSPS) is 22.1. The fraction of sp³-hybridized carbons (Fsp3) is 0.556. The number of β-amino-alcohol motifs (C(OH)–C–C–N with tert-alkyl or cyclic N) is 1. The van der Waals surface area contributed by atoms with Crippen LogP contribution in [0.1, 0.15) is 46.5 Å². The lowest BCUT2D eigenvalue weighted by Gasteiger charge is -2.27. The largest absolute Gasteiger partial charge is 0.475 e. The zero-order chi connectivity index (χ0) is 28.0. The number of pyridine rings is 1. The summed E-state index contributed by atoms with van der Waals surface area (Å²) in [4.78, 5) is 21.5. The number of carbonyl (C=O) groups is 1. The molecule has 0 bridgehead atoms. The number of ether oxygens (including phenoxy) is 2. The minimum Gasteiger partial charge on any atom is -0.475 e. The molecule has 0 spiro atoms. The van der Waals surface area contributed by atoms with Crippen LogP contribution in [-0.4, -0.2) is 74.0 Å². The second kappa shape index (κ2) is 11.6. The van der Waals surface area contributed by atoms with Crippen LogP contribution in [0.4, 0.5) is 11.5 Å². The zero-order valence-electron chi connectivity index (χ0n) is 22.9. The highest BCUT2D eigenvalue weighted by molar-refractivity contribution is 7.90. The second-order valence-corrected chi connectivity index (χ2v) is 13.5. The molecule has 2 aromatic rings. The molecule has 13 heteroatoms. The number of aliphatic hydroxyl groups excluding tert-OH is 1. The van der Waals surface area contributed by atoms with E-state index in [1.54, 1.807) is 24.3 Å². The number of aliphatic hydroxyl groups is 1. The van der Waals surface area contributed by atoms with Crippen LogP contribution in [-0.2, 0) is 19.6 Å². The number of halogens is 1. The first-order chi connectivity index (χ1) is 18.3. The summed E-state index contributed by atoms with van der Waals surface area (Å²) < 4.78 is 40.8. The standard InChI is InChI=1S/C27H35ClN4O6S.H2S/c1-26(2,3)37-20-10-14-31(17-20)21-8-7-18(28)15-22(21)38-27(11-12-27)25(34)30-39(35,36)24-6-4-5-23(29-24)32-13-9-19(33)16-32;/h4-8,15,19-20,33H,9-14,16-17H2,1-3H3,(H,30,34);1H2/t19-,20?;/m0./s1. The van der Waals surface area contributed by atoms with Gasteiger partial charge in [0.1, 0.15) is 11.6 Å². The molecule has 1 aromatic heterocycles. The average Bonchev–Trinajstić information content (AvgIpc) is 3.28. The van der Waals surface area contributed by atoms with Crippen LogP contribution in [0.2, 0.25) is 5.02 Å². The maximum atomic E-state index is 13.3. The SMILES string of the molecule is CC(C)(C)OC1CCN(c2ccc(Cl)cc2OC2(C(=O)NS(=O)(=O)c3cccc(N4CC[C@H](O)C4)n3)CC2)C1.S.